The van der Waals surface area contributed by atoms with Gasteiger partial charge in [-0.15, -0.1) is 0 Å². The minimum Gasteiger partial charge on any atom is -0.441 e. The van der Waals surface area contributed by atoms with Crippen LogP contribution in [0.15, 0.2) is 34.9 Å². The van der Waals surface area contributed by atoms with Gasteiger partial charge < -0.3 is 15.1 Å². The van der Waals surface area contributed by atoms with E-state index < -0.39 is 0 Å². The smallest absolute Gasteiger partial charge is 0.220 e. The first kappa shape index (κ1) is 16.5. The van der Waals surface area contributed by atoms with Gasteiger partial charge in [0.25, 0.3) is 0 Å². The molecule has 0 atom stereocenters. The highest BCUT2D eigenvalue weighted by Gasteiger charge is 2.08. The van der Waals surface area contributed by atoms with Gasteiger partial charge in [0.2, 0.25) is 5.91 Å². The van der Waals surface area contributed by atoms with E-state index in [1.807, 2.05) is 19.2 Å². The number of nitrogens with zero attached hydrogens (tertiary/aromatic N) is 1. The van der Waals surface area contributed by atoms with Gasteiger partial charge in [-0.25, -0.2) is 4.98 Å². The van der Waals surface area contributed by atoms with Crippen LogP contribution >= 0.6 is 11.6 Å². The molecule has 2 aromatic rings. The molecule has 0 saturated carbocycles. The minimum atomic E-state index is 0.0161. The number of amides is 1. The maximum Gasteiger partial charge on any atom is 0.220 e. The number of aromatic nitrogens is 1. The Labute approximate surface area is 135 Å². The van der Waals surface area contributed by atoms with Crippen molar-refractivity contribution in [2.24, 2.45) is 0 Å². The fourth-order valence-corrected chi connectivity index (χ4v) is 2.10. The Hall–Kier alpha value is -1.85. The van der Waals surface area contributed by atoms with Crippen LogP contribution in [0.25, 0.3) is 11.3 Å². The Kier molecular flexibility index (Phi) is 6.43. The average Bonchev–Trinajstić information content (AvgIpc) is 2.99. The van der Waals surface area contributed by atoms with Crippen LogP contribution in [0, 0.1) is 0 Å². The highest BCUT2D eigenvalue weighted by Crippen LogP contribution is 2.22. The standard InChI is InChI=1S/C16H20ClN3O2/c1-18-9-2-10-19-15(21)7-8-16-20-11-14(22-16)12-3-5-13(17)6-4-12/h3-6,11,18H,2,7-10H2,1H3,(H,19,21). The fraction of sp³-hybridized carbons (Fsp3) is 0.375. The maximum atomic E-state index is 11.7. The Morgan fingerprint density at radius 2 is 2.05 bits per heavy atom. The molecule has 5 nitrogen and oxygen atoms in total. The number of hydrogen-bond acceptors (Lipinski definition) is 4. The molecule has 2 N–H and O–H groups in total. The fourth-order valence-electron chi connectivity index (χ4n) is 1.98. The summed E-state index contributed by atoms with van der Waals surface area (Å²) in [5, 5.41) is 6.58. The number of rotatable bonds is 8. The number of nitrogens with one attached hydrogen (secondary N) is 2. The van der Waals surface area contributed by atoms with Gasteiger partial charge in [-0.05, 0) is 44.3 Å². The average molecular weight is 322 g/mol. The number of aryl methyl sites for hydroxylation is 1. The van der Waals surface area contributed by atoms with Crippen molar-refractivity contribution in [2.75, 3.05) is 20.1 Å². The lowest BCUT2D eigenvalue weighted by Crippen LogP contribution is -2.26. The predicted octanol–water partition coefficient (Wildman–Crippen LogP) is 2.65. The van der Waals surface area contributed by atoms with Crippen molar-refractivity contribution in [3.05, 3.63) is 41.4 Å². The van der Waals surface area contributed by atoms with Crippen LogP contribution < -0.4 is 10.6 Å². The summed E-state index contributed by atoms with van der Waals surface area (Å²) >= 11 is 5.86. The van der Waals surface area contributed by atoms with E-state index in [-0.39, 0.29) is 5.91 Å². The minimum absolute atomic E-state index is 0.0161. The summed E-state index contributed by atoms with van der Waals surface area (Å²) in [6.07, 6.45) is 3.46. The summed E-state index contributed by atoms with van der Waals surface area (Å²) in [6, 6.07) is 7.36. The van der Waals surface area contributed by atoms with Crippen molar-refractivity contribution in [3.63, 3.8) is 0 Å². The Morgan fingerprint density at radius 1 is 1.27 bits per heavy atom. The first-order valence-corrected chi connectivity index (χ1v) is 7.69. The predicted molar refractivity (Wildman–Crippen MR) is 86.8 cm³/mol. The topological polar surface area (TPSA) is 67.2 Å². The molecule has 0 radical (unpaired) electrons. The zero-order chi connectivity index (χ0) is 15.8. The third kappa shape index (κ3) is 5.16. The summed E-state index contributed by atoms with van der Waals surface area (Å²) in [7, 11) is 1.89. The molecule has 0 saturated heterocycles. The summed E-state index contributed by atoms with van der Waals surface area (Å²) in [5.41, 5.74) is 0.916. The van der Waals surface area contributed by atoms with Crippen molar-refractivity contribution in [1.29, 1.82) is 0 Å². The Bertz CT molecular complexity index is 596. The SMILES string of the molecule is CNCCCNC(=O)CCc1ncc(-c2ccc(Cl)cc2)o1. The molecule has 118 valence electrons. The van der Waals surface area contributed by atoms with Crippen LogP contribution in [0.2, 0.25) is 5.02 Å². The van der Waals surface area contributed by atoms with E-state index in [0.717, 1.165) is 18.5 Å². The number of hydrogen-bond donors (Lipinski definition) is 2. The molecule has 1 aromatic carbocycles. The van der Waals surface area contributed by atoms with Crippen molar-refractivity contribution in [3.8, 4) is 11.3 Å². The van der Waals surface area contributed by atoms with Crippen LogP contribution in [-0.4, -0.2) is 31.0 Å². The summed E-state index contributed by atoms with van der Waals surface area (Å²) < 4.78 is 5.66. The summed E-state index contributed by atoms with van der Waals surface area (Å²) in [4.78, 5) is 15.9. The molecule has 0 aliphatic rings. The number of carbonyl (C=O) groups is 1. The number of oxazole rings is 1. The maximum absolute atomic E-state index is 11.7. The molecular weight excluding hydrogens is 302 g/mol. The van der Waals surface area contributed by atoms with Crippen LogP contribution in [0.5, 0.6) is 0 Å². The normalized spacial score (nSPS) is 10.6. The van der Waals surface area contributed by atoms with E-state index in [1.54, 1.807) is 18.3 Å². The number of benzene rings is 1. The second-order valence-electron chi connectivity index (χ2n) is 4.93. The highest BCUT2D eigenvalue weighted by atomic mass is 35.5. The van der Waals surface area contributed by atoms with Gasteiger partial charge in [-0.2, -0.15) is 0 Å². The van der Waals surface area contributed by atoms with Gasteiger partial charge in [0.05, 0.1) is 6.20 Å². The van der Waals surface area contributed by atoms with Crippen LogP contribution in [0.1, 0.15) is 18.7 Å². The lowest BCUT2D eigenvalue weighted by molar-refractivity contribution is -0.121. The largest absolute Gasteiger partial charge is 0.441 e. The van der Waals surface area contributed by atoms with Crippen LogP contribution in [-0.2, 0) is 11.2 Å². The lowest BCUT2D eigenvalue weighted by Gasteiger charge is -2.03. The third-order valence-corrected chi connectivity index (χ3v) is 3.43. The second-order valence-corrected chi connectivity index (χ2v) is 5.37. The molecule has 0 unspecified atom stereocenters. The Morgan fingerprint density at radius 3 is 2.77 bits per heavy atom. The molecule has 6 heteroatoms. The molecule has 0 bridgehead atoms. The molecule has 0 aliphatic carbocycles. The van der Waals surface area contributed by atoms with Crippen molar-refractivity contribution >= 4 is 17.5 Å². The van der Waals surface area contributed by atoms with Gasteiger partial charge in [0.1, 0.15) is 0 Å². The van der Waals surface area contributed by atoms with Gasteiger partial charge in [0.15, 0.2) is 11.7 Å². The zero-order valence-corrected chi connectivity index (χ0v) is 13.3. The zero-order valence-electron chi connectivity index (χ0n) is 12.6. The van der Waals surface area contributed by atoms with Gasteiger partial charge in [-0.3, -0.25) is 4.79 Å². The van der Waals surface area contributed by atoms with Crippen molar-refractivity contribution in [1.82, 2.24) is 15.6 Å². The van der Waals surface area contributed by atoms with Crippen LogP contribution in [0.4, 0.5) is 0 Å². The van der Waals surface area contributed by atoms with E-state index in [0.29, 0.717) is 36.1 Å². The van der Waals surface area contributed by atoms with Gasteiger partial charge in [0, 0.05) is 30.0 Å². The summed E-state index contributed by atoms with van der Waals surface area (Å²) in [6.45, 7) is 1.58. The van der Waals surface area contributed by atoms with E-state index >= 15 is 0 Å². The molecule has 0 fully saturated rings. The van der Waals surface area contributed by atoms with Crippen LogP contribution in [0.3, 0.4) is 0 Å². The second kappa shape index (κ2) is 8.56. The first-order valence-electron chi connectivity index (χ1n) is 7.31. The van der Waals surface area contributed by atoms with E-state index in [1.165, 1.54) is 0 Å². The van der Waals surface area contributed by atoms with E-state index in [9.17, 15) is 4.79 Å². The molecular formula is C16H20ClN3O2. The van der Waals surface area contributed by atoms with E-state index in [4.69, 9.17) is 16.0 Å². The molecule has 2 rings (SSSR count). The van der Waals surface area contributed by atoms with Gasteiger partial charge in [-0.1, -0.05) is 11.6 Å². The quantitative estimate of drug-likeness (QED) is 0.734. The highest BCUT2D eigenvalue weighted by molar-refractivity contribution is 6.30. The molecule has 1 aromatic heterocycles. The molecule has 0 spiro atoms. The molecule has 1 amide bonds. The number of halogens is 1. The molecule has 1 heterocycles. The third-order valence-electron chi connectivity index (χ3n) is 3.17. The molecule has 22 heavy (non-hydrogen) atoms. The molecule has 0 aliphatic heterocycles. The van der Waals surface area contributed by atoms with Gasteiger partial charge >= 0.3 is 0 Å². The summed E-state index contributed by atoms with van der Waals surface area (Å²) in [5.74, 6) is 1.26. The monoisotopic (exact) mass is 321 g/mol. The van der Waals surface area contributed by atoms with E-state index in [2.05, 4.69) is 15.6 Å². The van der Waals surface area contributed by atoms with Crippen molar-refractivity contribution in [2.45, 2.75) is 19.3 Å². The lowest BCUT2D eigenvalue weighted by atomic mass is 10.2. The number of carbonyl (C=O) groups excluding carboxylic acids is 1. The first-order chi connectivity index (χ1) is 10.7. The van der Waals surface area contributed by atoms with Crippen molar-refractivity contribution < 1.29 is 9.21 Å². The Balaban J connectivity index is 1.79.